The number of aryl methyl sites for hydroxylation is 2. The predicted molar refractivity (Wildman–Crippen MR) is 127 cm³/mol. The molecule has 1 aliphatic carbocycles. The van der Waals surface area contributed by atoms with E-state index in [1.54, 1.807) is 30.0 Å². The minimum absolute atomic E-state index is 0.205. The Morgan fingerprint density at radius 3 is 2.51 bits per heavy atom. The highest BCUT2D eigenvalue weighted by molar-refractivity contribution is 6.30. The van der Waals surface area contributed by atoms with E-state index in [-0.39, 0.29) is 29.1 Å². The highest BCUT2D eigenvalue weighted by Gasteiger charge is 2.46. The van der Waals surface area contributed by atoms with Gasteiger partial charge in [-0.15, -0.1) is 15.3 Å². The number of carboxylic acid groups (broad SMARTS) is 1. The maximum atomic E-state index is 14.0. The van der Waals surface area contributed by atoms with Crippen LogP contribution >= 0.6 is 11.6 Å². The maximum Gasteiger partial charge on any atom is 0.411 e. The lowest BCUT2D eigenvalue weighted by atomic mass is 9.99. The molecule has 178 valence electrons. The molecular formula is C23H21ClN8O3. The third-order valence-electron chi connectivity index (χ3n) is 6.55. The van der Waals surface area contributed by atoms with Crippen LogP contribution in [0.5, 0.6) is 0 Å². The molecule has 2 amide bonds. The Kier molecular flexibility index (Phi) is 4.62. The molecule has 1 unspecified atom stereocenters. The molecule has 1 fully saturated rings. The van der Waals surface area contributed by atoms with E-state index in [0.717, 1.165) is 34.6 Å². The molecule has 0 radical (unpaired) electrons. The van der Waals surface area contributed by atoms with Gasteiger partial charge in [-0.3, -0.25) is 19.3 Å². The lowest BCUT2D eigenvalue weighted by molar-refractivity contribution is 0.0982. The zero-order chi connectivity index (χ0) is 24.6. The van der Waals surface area contributed by atoms with Gasteiger partial charge in [0.2, 0.25) is 5.65 Å². The third-order valence-corrected chi connectivity index (χ3v) is 6.80. The van der Waals surface area contributed by atoms with Gasteiger partial charge in [0.15, 0.2) is 11.6 Å². The summed E-state index contributed by atoms with van der Waals surface area (Å²) in [6.07, 6.45) is 0.782. The van der Waals surface area contributed by atoms with Crippen molar-refractivity contribution in [1.29, 1.82) is 0 Å². The molecule has 35 heavy (non-hydrogen) atoms. The first-order valence-electron chi connectivity index (χ1n) is 11.1. The molecule has 2 aliphatic rings. The molecule has 1 saturated carbocycles. The molecule has 3 aromatic heterocycles. The average molecular weight is 493 g/mol. The fourth-order valence-electron chi connectivity index (χ4n) is 4.66. The van der Waals surface area contributed by atoms with Gasteiger partial charge in [-0.1, -0.05) is 23.7 Å². The number of anilines is 2. The van der Waals surface area contributed by atoms with Gasteiger partial charge in [-0.2, -0.15) is 9.61 Å². The van der Waals surface area contributed by atoms with E-state index in [4.69, 9.17) is 16.7 Å². The van der Waals surface area contributed by atoms with Gasteiger partial charge in [0.25, 0.3) is 5.91 Å². The summed E-state index contributed by atoms with van der Waals surface area (Å²) in [6.45, 7) is 3.62. The van der Waals surface area contributed by atoms with Crippen molar-refractivity contribution < 1.29 is 14.7 Å². The predicted octanol–water partition coefficient (Wildman–Crippen LogP) is 3.79. The summed E-state index contributed by atoms with van der Waals surface area (Å²) in [5.74, 6) is 0.509. The van der Waals surface area contributed by atoms with Crippen molar-refractivity contribution in [2.24, 2.45) is 0 Å². The molecule has 1 aromatic carbocycles. The summed E-state index contributed by atoms with van der Waals surface area (Å²) in [7, 11) is 1.41. The van der Waals surface area contributed by atoms with Crippen LogP contribution in [0.4, 0.5) is 16.3 Å². The highest BCUT2D eigenvalue weighted by atomic mass is 35.5. The van der Waals surface area contributed by atoms with Crippen molar-refractivity contribution in [3.05, 3.63) is 63.7 Å². The van der Waals surface area contributed by atoms with Crippen molar-refractivity contribution >= 4 is 40.8 Å². The van der Waals surface area contributed by atoms with Crippen LogP contribution in [-0.4, -0.2) is 53.7 Å². The Balaban J connectivity index is 1.60. The van der Waals surface area contributed by atoms with E-state index < -0.39 is 12.1 Å². The topological polar surface area (TPSA) is 122 Å². The Morgan fingerprint density at radius 2 is 1.86 bits per heavy atom. The van der Waals surface area contributed by atoms with E-state index in [2.05, 4.69) is 15.3 Å². The second-order valence-corrected chi connectivity index (χ2v) is 9.30. The van der Waals surface area contributed by atoms with Gasteiger partial charge >= 0.3 is 6.09 Å². The zero-order valence-corrected chi connectivity index (χ0v) is 19.9. The van der Waals surface area contributed by atoms with Gasteiger partial charge in [-0.05, 0) is 44.4 Å². The molecule has 0 saturated heterocycles. The number of benzene rings is 1. The van der Waals surface area contributed by atoms with Gasteiger partial charge in [0.1, 0.15) is 5.69 Å². The van der Waals surface area contributed by atoms with Crippen LogP contribution in [0.1, 0.15) is 58.1 Å². The third kappa shape index (κ3) is 3.18. The fourth-order valence-corrected chi connectivity index (χ4v) is 4.79. The number of nitrogens with zero attached hydrogens (tertiary/aromatic N) is 8. The first-order valence-corrected chi connectivity index (χ1v) is 11.5. The Morgan fingerprint density at radius 1 is 1.14 bits per heavy atom. The number of hydrogen-bond acceptors (Lipinski definition) is 6. The van der Waals surface area contributed by atoms with Gasteiger partial charge in [-0.25, -0.2) is 4.79 Å². The summed E-state index contributed by atoms with van der Waals surface area (Å²) in [5.41, 5.74) is 3.52. The number of hydrogen-bond donors (Lipinski definition) is 1. The second-order valence-electron chi connectivity index (χ2n) is 8.86. The molecule has 6 rings (SSSR count). The summed E-state index contributed by atoms with van der Waals surface area (Å²) in [4.78, 5) is 28.5. The number of fused-ring (bicyclic) bond motifs is 2. The minimum Gasteiger partial charge on any atom is -0.465 e. The van der Waals surface area contributed by atoms with Crippen molar-refractivity contribution in [2.45, 2.75) is 38.8 Å². The van der Waals surface area contributed by atoms with E-state index in [9.17, 15) is 14.7 Å². The monoisotopic (exact) mass is 492 g/mol. The largest absolute Gasteiger partial charge is 0.465 e. The molecule has 0 bridgehead atoms. The van der Waals surface area contributed by atoms with Crippen LogP contribution in [-0.2, 0) is 0 Å². The SMILES string of the molecule is Cc1nn(C2CC2)c2c1C(c1ccc(Cl)cc1)N(c1cc(N(C)C(=O)O)c3nnc(C)n3n1)C2=O. The summed E-state index contributed by atoms with van der Waals surface area (Å²) in [6, 6.07) is 8.58. The quantitative estimate of drug-likeness (QED) is 0.460. The van der Waals surface area contributed by atoms with Crippen molar-refractivity contribution in [3.63, 3.8) is 0 Å². The Bertz CT molecular complexity index is 1520. The van der Waals surface area contributed by atoms with Gasteiger partial charge in [0.05, 0.1) is 23.5 Å². The summed E-state index contributed by atoms with van der Waals surface area (Å²) < 4.78 is 3.29. The lowest BCUT2D eigenvalue weighted by Crippen LogP contribution is -2.32. The number of carbonyl (C=O) groups excluding carboxylic acids is 1. The van der Waals surface area contributed by atoms with Crippen LogP contribution in [0.3, 0.4) is 0 Å². The van der Waals surface area contributed by atoms with Crippen LogP contribution in [0.25, 0.3) is 5.65 Å². The molecule has 4 aromatic rings. The number of halogens is 1. The first-order chi connectivity index (χ1) is 16.8. The molecule has 1 aliphatic heterocycles. The van der Waals surface area contributed by atoms with Gasteiger partial charge in [0, 0.05) is 23.7 Å². The molecular weight excluding hydrogens is 472 g/mol. The number of amides is 2. The van der Waals surface area contributed by atoms with Crippen molar-refractivity contribution in [2.75, 3.05) is 16.8 Å². The van der Waals surface area contributed by atoms with Crippen LogP contribution in [0.15, 0.2) is 30.3 Å². The Hall–Kier alpha value is -3.99. The Labute approximate surface area is 204 Å². The molecule has 1 N–H and O–H groups in total. The first kappa shape index (κ1) is 21.5. The maximum absolute atomic E-state index is 14.0. The normalized spacial score (nSPS) is 17.3. The smallest absolute Gasteiger partial charge is 0.411 e. The lowest BCUT2D eigenvalue weighted by Gasteiger charge is -2.26. The second kappa shape index (κ2) is 7.51. The minimum atomic E-state index is -1.17. The van der Waals surface area contributed by atoms with E-state index in [1.807, 2.05) is 23.7 Å². The zero-order valence-electron chi connectivity index (χ0n) is 19.2. The number of rotatable bonds is 4. The number of carbonyl (C=O) groups is 2. The van der Waals surface area contributed by atoms with Crippen LogP contribution in [0.2, 0.25) is 5.02 Å². The average Bonchev–Trinajstić information content (AvgIpc) is 3.44. The molecule has 0 spiro atoms. The summed E-state index contributed by atoms with van der Waals surface area (Å²) >= 11 is 6.15. The van der Waals surface area contributed by atoms with E-state index in [1.165, 1.54) is 11.6 Å². The summed E-state index contributed by atoms with van der Waals surface area (Å²) in [5, 5.41) is 27.8. The molecule has 12 heteroatoms. The van der Waals surface area contributed by atoms with Gasteiger partial charge < -0.3 is 5.11 Å². The van der Waals surface area contributed by atoms with Crippen molar-refractivity contribution in [1.82, 2.24) is 29.6 Å². The standard InChI is InChI=1S/C23H21ClN8O3/c1-11-18-19(13-4-6-14(24)7-5-13)30(22(33)20(18)32(27-11)15-8-9-15)17-10-16(29(3)23(34)35)21-26-25-12(2)31(21)28-17/h4-7,10,15,19H,8-9H2,1-3H3,(H,34,35). The highest BCUT2D eigenvalue weighted by Crippen LogP contribution is 2.46. The van der Waals surface area contributed by atoms with Crippen molar-refractivity contribution in [3.8, 4) is 0 Å². The fraction of sp³-hybridized carbons (Fsp3) is 0.304. The van der Waals surface area contributed by atoms with E-state index in [0.29, 0.717) is 16.5 Å². The molecule has 11 nitrogen and oxygen atoms in total. The molecule has 1 atom stereocenters. The van der Waals surface area contributed by atoms with E-state index >= 15 is 0 Å². The van der Waals surface area contributed by atoms with Crippen LogP contribution < -0.4 is 9.80 Å². The number of aromatic nitrogens is 6. The van der Waals surface area contributed by atoms with Crippen LogP contribution in [0, 0.1) is 13.8 Å². The molecule has 4 heterocycles.